The van der Waals surface area contributed by atoms with Crippen LogP contribution in [-0.2, 0) is 4.74 Å². The van der Waals surface area contributed by atoms with Crippen molar-refractivity contribution in [3.8, 4) is 0 Å². The predicted octanol–water partition coefficient (Wildman–Crippen LogP) is 1.37. The molecule has 1 N–H and O–H groups in total. The first-order valence-electron chi connectivity index (χ1n) is 4.52. The summed E-state index contributed by atoms with van der Waals surface area (Å²) in [6.45, 7) is 0.831. The van der Waals surface area contributed by atoms with E-state index in [9.17, 15) is 0 Å². The van der Waals surface area contributed by atoms with Gasteiger partial charge in [-0.3, -0.25) is 0 Å². The van der Waals surface area contributed by atoms with Crippen molar-refractivity contribution in [1.82, 2.24) is 9.97 Å². The topological polar surface area (TPSA) is 47.0 Å². The number of hydrogen-bond donors (Lipinski definition) is 1. The number of nitrogens with zero attached hydrogens (tertiary/aromatic N) is 2. The van der Waals surface area contributed by atoms with Gasteiger partial charge in [-0.15, -0.1) is 0 Å². The Labute approximate surface area is 77.4 Å². The lowest BCUT2D eigenvalue weighted by Gasteiger charge is -2.08. The molecule has 2 heterocycles. The Morgan fingerprint density at radius 1 is 1.62 bits per heavy atom. The van der Waals surface area contributed by atoms with Crippen LogP contribution in [0.4, 0.5) is 5.82 Å². The minimum atomic E-state index is 0.105. The maximum absolute atomic E-state index is 5.49. The Morgan fingerprint density at radius 2 is 2.54 bits per heavy atom. The molecule has 0 radical (unpaired) electrons. The van der Waals surface area contributed by atoms with Gasteiger partial charge in [0.2, 0.25) is 0 Å². The highest BCUT2D eigenvalue weighted by atomic mass is 16.5. The summed E-state index contributed by atoms with van der Waals surface area (Å²) in [5.41, 5.74) is 0. The minimum absolute atomic E-state index is 0.105. The monoisotopic (exact) mass is 179 g/mol. The van der Waals surface area contributed by atoms with Crippen LogP contribution < -0.4 is 5.32 Å². The summed E-state index contributed by atoms with van der Waals surface area (Å²) in [6.07, 6.45) is 4.01. The molecule has 1 atom stereocenters. The first-order chi connectivity index (χ1) is 6.40. The van der Waals surface area contributed by atoms with E-state index in [1.54, 1.807) is 6.20 Å². The Balaban J connectivity index is 2.18. The van der Waals surface area contributed by atoms with E-state index in [0.29, 0.717) is 0 Å². The summed E-state index contributed by atoms with van der Waals surface area (Å²) < 4.78 is 5.49. The average molecular weight is 179 g/mol. The molecule has 70 valence electrons. The van der Waals surface area contributed by atoms with E-state index in [0.717, 1.165) is 31.1 Å². The van der Waals surface area contributed by atoms with Crippen molar-refractivity contribution >= 4 is 5.82 Å². The largest absolute Gasteiger partial charge is 0.373 e. The lowest BCUT2D eigenvalue weighted by Crippen LogP contribution is -2.04. The molecule has 13 heavy (non-hydrogen) atoms. The zero-order chi connectivity index (χ0) is 9.10. The molecule has 1 saturated heterocycles. The van der Waals surface area contributed by atoms with Gasteiger partial charge < -0.3 is 10.1 Å². The van der Waals surface area contributed by atoms with E-state index < -0.39 is 0 Å². The standard InChI is InChI=1S/C9H13N3O/c1-10-8-4-5-11-9(12-8)7-3-2-6-13-7/h4-5,7H,2-3,6H2,1H3,(H,10,11,12). The Hall–Kier alpha value is -1.16. The third-order valence-corrected chi connectivity index (χ3v) is 2.15. The third kappa shape index (κ3) is 1.78. The summed E-state index contributed by atoms with van der Waals surface area (Å²) >= 11 is 0. The number of rotatable bonds is 2. The number of anilines is 1. The van der Waals surface area contributed by atoms with Gasteiger partial charge in [0.25, 0.3) is 0 Å². The Morgan fingerprint density at radius 3 is 3.23 bits per heavy atom. The fraction of sp³-hybridized carbons (Fsp3) is 0.556. The molecule has 0 aliphatic carbocycles. The first kappa shape index (κ1) is 8.44. The molecule has 0 saturated carbocycles. The van der Waals surface area contributed by atoms with E-state index in [-0.39, 0.29) is 6.10 Å². The molecular weight excluding hydrogens is 166 g/mol. The second kappa shape index (κ2) is 3.70. The van der Waals surface area contributed by atoms with Crippen LogP contribution in [0.5, 0.6) is 0 Å². The quantitative estimate of drug-likeness (QED) is 0.744. The zero-order valence-electron chi connectivity index (χ0n) is 7.66. The molecule has 1 aliphatic rings. The molecule has 0 amide bonds. The maximum atomic E-state index is 5.49. The summed E-state index contributed by atoms with van der Waals surface area (Å²) in [4.78, 5) is 8.52. The van der Waals surface area contributed by atoms with Crippen LogP contribution >= 0.6 is 0 Å². The van der Waals surface area contributed by atoms with Gasteiger partial charge >= 0.3 is 0 Å². The molecule has 1 aromatic rings. The van der Waals surface area contributed by atoms with Crippen LogP contribution in [0, 0.1) is 0 Å². The molecule has 1 aromatic heterocycles. The smallest absolute Gasteiger partial charge is 0.159 e. The van der Waals surface area contributed by atoms with Crippen molar-refractivity contribution in [2.24, 2.45) is 0 Å². The van der Waals surface area contributed by atoms with Crippen LogP contribution in [0.1, 0.15) is 24.8 Å². The summed E-state index contributed by atoms with van der Waals surface area (Å²) in [5.74, 6) is 1.64. The molecule has 2 rings (SSSR count). The zero-order valence-corrected chi connectivity index (χ0v) is 7.66. The summed E-state index contributed by atoms with van der Waals surface area (Å²) in [6, 6.07) is 1.85. The van der Waals surface area contributed by atoms with Crippen LogP contribution in [0.25, 0.3) is 0 Å². The van der Waals surface area contributed by atoms with Gasteiger partial charge in [-0.2, -0.15) is 0 Å². The summed E-state index contributed by atoms with van der Waals surface area (Å²) in [5, 5.41) is 2.98. The van der Waals surface area contributed by atoms with Gasteiger partial charge in [0.15, 0.2) is 5.82 Å². The number of aromatic nitrogens is 2. The van der Waals surface area contributed by atoms with Crippen LogP contribution in [-0.4, -0.2) is 23.6 Å². The van der Waals surface area contributed by atoms with Gasteiger partial charge in [0, 0.05) is 19.9 Å². The molecule has 1 unspecified atom stereocenters. The van der Waals surface area contributed by atoms with Crippen LogP contribution in [0.2, 0.25) is 0 Å². The molecule has 0 aromatic carbocycles. The molecule has 0 spiro atoms. The second-order valence-corrected chi connectivity index (χ2v) is 3.05. The fourth-order valence-electron chi connectivity index (χ4n) is 1.45. The normalized spacial score (nSPS) is 21.8. The van der Waals surface area contributed by atoms with Crippen molar-refractivity contribution in [3.05, 3.63) is 18.1 Å². The van der Waals surface area contributed by atoms with E-state index in [2.05, 4.69) is 15.3 Å². The number of nitrogens with one attached hydrogen (secondary N) is 1. The van der Waals surface area contributed by atoms with Crippen molar-refractivity contribution < 1.29 is 4.74 Å². The molecule has 1 aliphatic heterocycles. The average Bonchev–Trinajstić information content (AvgIpc) is 2.71. The highest BCUT2D eigenvalue weighted by Gasteiger charge is 2.20. The lowest BCUT2D eigenvalue weighted by atomic mass is 10.2. The van der Waals surface area contributed by atoms with Crippen LogP contribution in [0.15, 0.2) is 12.3 Å². The van der Waals surface area contributed by atoms with Crippen molar-refractivity contribution in [3.63, 3.8) is 0 Å². The van der Waals surface area contributed by atoms with E-state index in [1.165, 1.54) is 0 Å². The number of ether oxygens (including phenoxy) is 1. The maximum Gasteiger partial charge on any atom is 0.159 e. The molecule has 4 heteroatoms. The fourth-order valence-corrected chi connectivity index (χ4v) is 1.45. The Bertz CT molecular complexity index is 284. The van der Waals surface area contributed by atoms with Gasteiger partial charge in [0.1, 0.15) is 11.9 Å². The van der Waals surface area contributed by atoms with Crippen molar-refractivity contribution in [2.45, 2.75) is 18.9 Å². The summed E-state index contributed by atoms with van der Waals surface area (Å²) in [7, 11) is 1.85. The highest BCUT2D eigenvalue weighted by Crippen LogP contribution is 2.25. The van der Waals surface area contributed by atoms with Crippen molar-refractivity contribution in [2.75, 3.05) is 19.0 Å². The van der Waals surface area contributed by atoms with Gasteiger partial charge in [-0.25, -0.2) is 9.97 Å². The minimum Gasteiger partial charge on any atom is -0.373 e. The second-order valence-electron chi connectivity index (χ2n) is 3.05. The van der Waals surface area contributed by atoms with E-state index in [4.69, 9.17) is 4.74 Å². The molecule has 1 fully saturated rings. The first-order valence-corrected chi connectivity index (χ1v) is 4.52. The van der Waals surface area contributed by atoms with Gasteiger partial charge in [-0.05, 0) is 18.9 Å². The number of hydrogen-bond acceptors (Lipinski definition) is 4. The van der Waals surface area contributed by atoms with Crippen molar-refractivity contribution in [1.29, 1.82) is 0 Å². The highest BCUT2D eigenvalue weighted by molar-refractivity contribution is 5.31. The SMILES string of the molecule is CNc1ccnc(C2CCCO2)n1. The molecule has 0 bridgehead atoms. The lowest BCUT2D eigenvalue weighted by molar-refractivity contribution is 0.105. The predicted molar refractivity (Wildman–Crippen MR) is 49.5 cm³/mol. The van der Waals surface area contributed by atoms with E-state index in [1.807, 2.05) is 13.1 Å². The third-order valence-electron chi connectivity index (χ3n) is 2.15. The Kier molecular flexibility index (Phi) is 2.40. The molecule has 4 nitrogen and oxygen atoms in total. The van der Waals surface area contributed by atoms with Crippen LogP contribution in [0.3, 0.4) is 0 Å². The van der Waals surface area contributed by atoms with Gasteiger partial charge in [0.05, 0.1) is 0 Å². The molecular formula is C9H13N3O. The van der Waals surface area contributed by atoms with Gasteiger partial charge in [-0.1, -0.05) is 0 Å². The van der Waals surface area contributed by atoms with E-state index >= 15 is 0 Å².